The van der Waals surface area contributed by atoms with Crippen LogP contribution >= 0.6 is 0 Å². The fourth-order valence-electron chi connectivity index (χ4n) is 4.16. The lowest BCUT2D eigenvalue weighted by atomic mass is 9.81. The minimum atomic E-state index is -4.07. The zero-order chi connectivity index (χ0) is 17.0. The Morgan fingerprint density at radius 1 is 0.875 bits per heavy atom. The maximum absolute atomic E-state index is 12.4. The maximum Gasteiger partial charge on any atom is 0.401 e. The molecule has 1 aliphatic carbocycles. The van der Waals surface area contributed by atoms with Crippen molar-refractivity contribution in [3.8, 4) is 0 Å². The molecule has 2 aliphatic rings. The van der Waals surface area contributed by atoms with Crippen LogP contribution in [0.5, 0.6) is 0 Å². The fraction of sp³-hybridized carbons (Fsp3) is 0.684. The summed E-state index contributed by atoms with van der Waals surface area (Å²) in [6, 6.07) is 11.6. The van der Waals surface area contributed by atoms with E-state index in [-0.39, 0.29) is 0 Å². The zero-order valence-electron chi connectivity index (χ0n) is 14.1. The van der Waals surface area contributed by atoms with Crippen LogP contribution in [0, 0.1) is 0 Å². The lowest BCUT2D eigenvalue weighted by molar-refractivity contribution is -0.148. The number of halogens is 3. The summed E-state index contributed by atoms with van der Waals surface area (Å²) in [6.45, 7) is 0.342. The van der Waals surface area contributed by atoms with Crippen molar-refractivity contribution in [2.24, 2.45) is 0 Å². The molecule has 1 N–H and O–H groups in total. The first-order valence-corrected chi connectivity index (χ1v) is 9.10. The fourth-order valence-corrected chi connectivity index (χ4v) is 4.16. The van der Waals surface area contributed by atoms with Gasteiger partial charge >= 0.3 is 6.18 Å². The Bertz CT molecular complexity index is 487. The van der Waals surface area contributed by atoms with Gasteiger partial charge in [-0.1, -0.05) is 30.3 Å². The molecule has 5 heteroatoms. The molecule has 2 nitrogen and oxygen atoms in total. The Morgan fingerprint density at radius 2 is 1.46 bits per heavy atom. The SMILES string of the molecule is FC(F)(F)CN1CCC(NC2CCC(c3ccccc3)CC2)CC1. The highest BCUT2D eigenvalue weighted by molar-refractivity contribution is 5.20. The van der Waals surface area contributed by atoms with Crippen molar-refractivity contribution in [3.63, 3.8) is 0 Å². The van der Waals surface area contributed by atoms with E-state index >= 15 is 0 Å². The van der Waals surface area contributed by atoms with Crippen LogP contribution in [-0.2, 0) is 0 Å². The lowest BCUT2D eigenvalue weighted by Crippen LogP contribution is -2.48. The highest BCUT2D eigenvalue weighted by Crippen LogP contribution is 2.33. The summed E-state index contributed by atoms with van der Waals surface area (Å²) in [5.41, 5.74) is 1.44. The average molecular weight is 340 g/mol. The molecule has 0 radical (unpaired) electrons. The van der Waals surface area contributed by atoms with Crippen LogP contribution in [0.15, 0.2) is 30.3 Å². The van der Waals surface area contributed by atoms with E-state index in [1.54, 1.807) is 0 Å². The topological polar surface area (TPSA) is 15.3 Å². The molecule has 2 fully saturated rings. The number of piperidine rings is 1. The summed E-state index contributed by atoms with van der Waals surface area (Å²) in [7, 11) is 0. The van der Waals surface area contributed by atoms with E-state index in [1.165, 1.54) is 36.1 Å². The predicted molar refractivity (Wildman–Crippen MR) is 90.1 cm³/mol. The molecule has 3 rings (SSSR count). The van der Waals surface area contributed by atoms with Crippen LogP contribution in [0.25, 0.3) is 0 Å². The molecule has 1 saturated carbocycles. The molecule has 0 spiro atoms. The van der Waals surface area contributed by atoms with Gasteiger partial charge in [-0.25, -0.2) is 0 Å². The molecule has 1 saturated heterocycles. The number of rotatable bonds is 4. The van der Waals surface area contributed by atoms with Crippen molar-refractivity contribution in [2.45, 2.75) is 62.7 Å². The van der Waals surface area contributed by atoms with Crippen molar-refractivity contribution in [2.75, 3.05) is 19.6 Å². The first-order chi connectivity index (χ1) is 11.5. The molecular weight excluding hydrogens is 313 g/mol. The monoisotopic (exact) mass is 340 g/mol. The Balaban J connectivity index is 1.38. The van der Waals surface area contributed by atoms with Crippen LogP contribution in [-0.4, -0.2) is 42.8 Å². The number of hydrogen-bond donors (Lipinski definition) is 1. The summed E-state index contributed by atoms with van der Waals surface area (Å²) in [4.78, 5) is 1.53. The number of hydrogen-bond acceptors (Lipinski definition) is 2. The van der Waals surface area contributed by atoms with Gasteiger partial charge in [-0.3, -0.25) is 4.90 Å². The first-order valence-electron chi connectivity index (χ1n) is 9.10. The van der Waals surface area contributed by atoms with Crippen molar-refractivity contribution < 1.29 is 13.2 Å². The van der Waals surface area contributed by atoms with Crippen LogP contribution in [0.1, 0.15) is 50.0 Å². The Kier molecular flexibility index (Phi) is 5.82. The molecule has 0 bridgehead atoms. The number of benzene rings is 1. The number of nitrogens with zero attached hydrogens (tertiary/aromatic N) is 1. The van der Waals surface area contributed by atoms with Crippen molar-refractivity contribution in [3.05, 3.63) is 35.9 Å². The lowest BCUT2D eigenvalue weighted by Gasteiger charge is -2.37. The van der Waals surface area contributed by atoms with Gasteiger partial charge in [0.25, 0.3) is 0 Å². The number of nitrogens with one attached hydrogen (secondary N) is 1. The third-order valence-electron chi connectivity index (χ3n) is 5.46. The van der Waals surface area contributed by atoms with Crippen molar-refractivity contribution in [1.29, 1.82) is 0 Å². The quantitative estimate of drug-likeness (QED) is 0.878. The van der Waals surface area contributed by atoms with Gasteiger partial charge in [0, 0.05) is 12.1 Å². The Labute approximate surface area is 142 Å². The van der Waals surface area contributed by atoms with Gasteiger partial charge in [0.15, 0.2) is 0 Å². The van der Waals surface area contributed by atoms with Crippen LogP contribution < -0.4 is 5.32 Å². The summed E-state index contributed by atoms with van der Waals surface area (Å²) >= 11 is 0. The standard InChI is InChI=1S/C19H27F3N2/c20-19(21,22)14-24-12-10-18(11-13-24)23-17-8-6-16(7-9-17)15-4-2-1-3-5-15/h1-5,16-18,23H,6-14H2. The largest absolute Gasteiger partial charge is 0.401 e. The van der Waals surface area contributed by atoms with Gasteiger partial charge in [0.2, 0.25) is 0 Å². The van der Waals surface area contributed by atoms with E-state index < -0.39 is 12.7 Å². The molecule has 24 heavy (non-hydrogen) atoms. The average Bonchev–Trinajstić information content (AvgIpc) is 2.57. The van der Waals surface area contributed by atoms with E-state index in [4.69, 9.17) is 0 Å². The minimum absolute atomic E-state index is 0.382. The number of alkyl halides is 3. The molecule has 0 aromatic heterocycles. The minimum Gasteiger partial charge on any atom is -0.311 e. The van der Waals surface area contributed by atoms with Gasteiger partial charge in [0.1, 0.15) is 0 Å². The third kappa shape index (κ3) is 5.21. The molecular formula is C19H27F3N2. The Hall–Kier alpha value is -1.07. The Morgan fingerprint density at radius 3 is 2.04 bits per heavy atom. The summed E-state index contributed by atoms with van der Waals surface area (Å²) < 4.78 is 37.3. The second-order valence-corrected chi connectivity index (χ2v) is 7.29. The second kappa shape index (κ2) is 7.87. The summed E-state index contributed by atoms with van der Waals surface area (Å²) in [5.74, 6) is 0.665. The molecule has 1 aromatic carbocycles. The molecule has 1 aromatic rings. The van der Waals surface area contributed by atoms with Crippen LogP contribution in [0.2, 0.25) is 0 Å². The van der Waals surface area contributed by atoms with Gasteiger partial charge < -0.3 is 5.32 Å². The predicted octanol–water partition coefficient (Wildman–Crippen LogP) is 4.33. The van der Waals surface area contributed by atoms with E-state index in [1.807, 2.05) is 0 Å². The smallest absolute Gasteiger partial charge is 0.311 e. The van der Waals surface area contributed by atoms with Crippen LogP contribution in [0.3, 0.4) is 0 Å². The molecule has 1 heterocycles. The van der Waals surface area contributed by atoms with Crippen molar-refractivity contribution >= 4 is 0 Å². The zero-order valence-corrected chi connectivity index (χ0v) is 14.1. The number of likely N-dealkylation sites (tertiary alicyclic amines) is 1. The van der Waals surface area contributed by atoms with Gasteiger partial charge in [0.05, 0.1) is 6.54 Å². The second-order valence-electron chi connectivity index (χ2n) is 7.29. The van der Waals surface area contributed by atoms with E-state index in [9.17, 15) is 13.2 Å². The summed E-state index contributed by atoms with van der Waals surface area (Å²) in [5, 5.41) is 3.71. The maximum atomic E-state index is 12.4. The van der Waals surface area contributed by atoms with Gasteiger partial charge in [-0.05, 0) is 63.1 Å². The molecule has 0 unspecified atom stereocenters. The molecule has 1 aliphatic heterocycles. The highest BCUT2D eigenvalue weighted by Gasteiger charge is 2.33. The molecule has 0 atom stereocenters. The van der Waals surface area contributed by atoms with E-state index in [0.717, 1.165) is 12.8 Å². The summed E-state index contributed by atoms with van der Waals surface area (Å²) in [6.07, 6.45) is 2.33. The van der Waals surface area contributed by atoms with Crippen LogP contribution in [0.4, 0.5) is 13.2 Å². The molecule has 134 valence electrons. The van der Waals surface area contributed by atoms with Gasteiger partial charge in [-0.15, -0.1) is 0 Å². The van der Waals surface area contributed by atoms with Crippen molar-refractivity contribution in [1.82, 2.24) is 10.2 Å². The van der Waals surface area contributed by atoms with Gasteiger partial charge in [-0.2, -0.15) is 13.2 Å². The third-order valence-corrected chi connectivity index (χ3v) is 5.46. The normalized spacial score (nSPS) is 27.3. The molecule has 0 amide bonds. The van der Waals surface area contributed by atoms with E-state index in [0.29, 0.717) is 31.1 Å². The highest BCUT2D eigenvalue weighted by atomic mass is 19.4. The van der Waals surface area contributed by atoms with E-state index in [2.05, 4.69) is 35.6 Å². The first kappa shape index (κ1) is 17.7.